The standard InChI is InChI=1S/C18H25N5O5.CH4/c1-12(20-25-4)16(22-26-5)13(2)21-28-11-14-9-7-8-10-15(14)17(23-27-6)18(24)19-3;/h7-10H,11H2,1-6H3,(H,19,24);1H4/b20-12-,21-13+,22-16+,23-17+;. The quantitative estimate of drug-likeness (QED) is 0.472. The zero-order chi connectivity index (χ0) is 20.9. The number of likely N-dealkylation sites (N-methyl/N-ethyl adjacent to an activating group) is 1. The summed E-state index contributed by atoms with van der Waals surface area (Å²) in [7, 11) is 5.73. The number of nitrogens with one attached hydrogen (secondary N) is 1. The van der Waals surface area contributed by atoms with Gasteiger partial charge in [-0.2, -0.15) is 0 Å². The van der Waals surface area contributed by atoms with Gasteiger partial charge in [0.2, 0.25) is 0 Å². The second kappa shape index (κ2) is 13.7. The van der Waals surface area contributed by atoms with Gasteiger partial charge < -0.3 is 24.7 Å². The molecule has 1 aromatic carbocycles. The van der Waals surface area contributed by atoms with Gasteiger partial charge in [-0.25, -0.2) is 0 Å². The molecule has 0 radical (unpaired) electrons. The molecular weight excluding hydrogens is 378 g/mol. The smallest absolute Gasteiger partial charge is 0.273 e. The highest BCUT2D eigenvalue weighted by atomic mass is 16.6. The molecule has 0 saturated carbocycles. The van der Waals surface area contributed by atoms with E-state index in [9.17, 15) is 4.79 Å². The zero-order valence-electron chi connectivity index (χ0n) is 16.8. The van der Waals surface area contributed by atoms with Crippen LogP contribution in [0.15, 0.2) is 44.9 Å². The third-order valence-corrected chi connectivity index (χ3v) is 3.41. The highest BCUT2D eigenvalue weighted by molar-refractivity contribution is 6.67. The summed E-state index contributed by atoms with van der Waals surface area (Å²) < 4.78 is 0. The van der Waals surface area contributed by atoms with Crippen LogP contribution in [0, 0.1) is 0 Å². The van der Waals surface area contributed by atoms with Crippen molar-refractivity contribution < 1.29 is 24.1 Å². The first-order chi connectivity index (χ1) is 13.5. The molecule has 0 aromatic heterocycles. The molecule has 0 fully saturated rings. The van der Waals surface area contributed by atoms with Gasteiger partial charge in [-0.05, 0) is 13.8 Å². The van der Waals surface area contributed by atoms with E-state index in [0.717, 1.165) is 0 Å². The van der Waals surface area contributed by atoms with Crippen LogP contribution in [0.1, 0.15) is 32.4 Å². The molecule has 160 valence electrons. The average Bonchev–Trinajstić information content (AvgIpc) is 2.70. The molecule has 0 unspecified atom stereocenters. The van der Waals surface area contributed by atoms with Crippen molar-refractivity contribution >= 4 is 28.8 Å². The van der Waals surface area contributed by atoms with Gasteiger partial charge in [0.1, 0.15) is 39.4 Å². The van der Waals surface area contributed by atoms with Gasteiger partial charge in [-0.15, -0.1) is 0 Å². The monoisotopic (exact) mass is 407 g/mol. The number of carbonyl (C=O) groups excluding carboxylic acids is 1. The maximum Gasteiger partial charge on any atom is 0.273 e. The molecule has 0 aliphatic rings. The van der Waals surface area contributed by atoms with E-state index < -0.39 is 0 Å². The first-order valence-corrected chi connectivity index (χ1v) is 8.27. The number of benzene rings is 1. The zero-order valence-corrected chi connectivity index (χ0v) is 16.8. The first-order valence-electron chi connectivity index (χ1n) is 8.27. The fourth-order valence-electron chi connectivity index (χ4n) is 2.21. The van der Waals surface area contributed by atoms with E-state index in [4.69, 9.17) is 19.4 Å². The molecular formula is C19H29N5O5. The molecule has 1 aromatic rings. The largest absolute Gasteiger partial charge is 0.399 e. The Balaban J connectivity index is 0.00000784. The van der Waals surface area contributed by atoms with Crippen molar-refractivity contribution in [2.24, 2.45) is 20.6 Å². The van der Waals surface area contributed by atoms with Crippen molar-refractivity contribution in [3.8, 4) is 0 Å². The van der Waals surface area contributed by atoms with E-state index in [-0.39, 0.29) is 25.7 Å². The summed E-state index contributed by atoms with van der Waals surface area (Å²) in [6, 6.07) is 7.15. The van der Waals surface area contributed by atoms with Crippen molar-refractivity contribution in [2.45, 2.75) is 27.9 Å². The van der Waals surface area contributed by atoms with E-state index in [2.05, 4.69) is 25.9 Å². The highest BCUT2D eigenvalue weighted by Crippen LogP contribution is 2.13. The summed E-state index contributed by atoms with van der Waals surface area (Å²) in [6.45, 7) is 3.49. The maximum absolute atomic E-state index is 12.1. The molecule has 0 bridgehead atoms. The Morgan fingerprint density at radius 3 is 2.10 bits per heavy atom. The lowest BCUT2D eigenvalue weighted by molar-refractivity contribution is -0.114. The third kappa shape index (κ3) is 7.60. The van der Waals surface area contributed by atoms with Crippen LogP contribution >= 0.6 is 0 Å². The fourth-order valence-corrected chi connectivity index (χ4v) is 2.21. The van der Waals surface area contributed by atoms with Crippen LogP contribution in [0.2, 0.25) is 0 Å². The van der Waals surface area contributed by atoms with Crippen molar-refractivity contribution in [3.05, 3.63) is 35.4 Å². The Bertz CT molecular complexity index is 787. The molecule has 1 N–H and O–H groups in total. The normalized spacial score (nSPS) is 12.6. The van der Waals surface area contributed by atoms with Crippen LogP contribution in [0.25, 0.3) is 0 Å². The molecule has 10 heteroatoms. The number of hydrogen-bond donors (Lipinski definition) is 1. The van der Waals surface area contributed by atoms with Crippen LogP contribution in [0.3, 0.4) is 0 Å². The minimum atomic E-state index is -0.380. The third-order valence-electron chi connectivity index (χ3n) is 3.41. The van der Waals surface area contributed by atoms with Gasteiger partial charge in [0.25, 0.3) is 5.91 Å². The van der Waals surface area contributed by atoms with Crippen LogP contribution < -0.4 is 5.32 Å². The lowest BCUT2D eigenvalue weighted by Gasteiger charge is -2.10. The molecule has 1 rings (SSSR count). The second-order valence-electron chi connectivity index (χ2n) is 5.29. The number of amides is 1. The predicted octanol–water partition coefficient (Wildman–Crippen LogP) is 2.34. The second-order valence-corrected chi connectivity index (χ2v) is 5.29. The van der Waals surface area contributed by atoms with Crippen LogP contribution in [-0.2, 0) is 30.8 Å². The van der Waals surface area contributed by atoms with E-state index >= 15 is 0 Å². The summed E-state index contributed by atoms with van der Waals surface area (Å²) in [4.78, 5) is 31.9. The van der Waals surface area contributed by atoms with E-state index in [1.54, 1.807) is 32.0 Å². The molecule has 0 spiro atoms. The Morgan fingerprint density at radius 2 is 1.52 bits per heavy atom. The molecule has 10 nitrogen and oxygen atoms in total. The minimum Gasteiger partial charge on any atom is -0.399 e. The lowest BCUT2D eigenvalue weighted by Crippen LogP contribution is -2.29. The minimum absolute atomic E-state index is 0. The number of rotatable bonds is 10. The maximum atomic E-state index is 12.1. The lowest BCUT2D eigenvalue weighted by atomic mass is 10.0. The van der Waals surface area contributed by atoms with E-state index in [1.807, 2.05) is 6.07 Å². The van der Waals surface area contributed by atoms with Gasteiger partial charge in [0, 0.05) is 18.2 Å². The number of nitrogens with zero attached hydrogens (tertiary/aromatic N) is 4. The summed E-state index contributed by atoms with van der Waals surface area (Å²) in [5, 5.41) is 18.1. The number of carbonyl (C=O) groups is 1. The van der Waals surface area contributed by atoms with E-state index in [0.29, 0.717) is 28.3 Å². The highest BCUT2D eigenvalue weighted by Gasteiger charge is 2.17. The van der Waals surface area contributed by atoms with Crippen LogP contribution in [0.5, 0.6) is 0 Å². The Hall–Kier alpha value is -3.43. The Kier molecular flexibility index (Phi) is 12.1. The molecule has 0 saturated heterocycles. The van der Waals surface area contributed by atoms with Gasteiger partial charge in [-0.3, -0.25) is 4.79 Å². The number of hydrogen-bond acceptors (Lipinski definition) is 9. The average molecular weight is 407 g/mol. The predicted molar refractivity (Wildman–Crippen MR) is 113 cm³/mol. The van der Waals surface area contributed by atoms with Crippen molar-refractivity contribution in [1.82, 2.24) is 5.32 Å². The van der Waals surface area contributed by atoms with Gasteiger partial charge in [0.15, 0.2) is 11.4 Å². The van der Waals surface area contributed by atoms with Crippen LogP contribution in [0.4, 0.5) is 0 Å². The summed E-state index contributed by atoms with van der Waals surface area (Å²) in [6.07, 6.45) is 0. The SMILES string of the molecule is C.CNC(=O)/C(=N/OC)c1ccccc1CO/N=C(C)/C(=N/OC)C(/C)=N\OC. The van der Waals surface area contributed by atoms with Crippen LogP contribution in [-0.4, -0.2) is 57.1 Å². The molecule has 0 aliphatic heterocycles. The summed E-state index contributed by atoms with van der Waals surface area (Å²) in [5.74, 6) is -0.380. The molecule has 29 heavy (non-hydrogen) atoms. The topological polar surface area (TPSA) is 115 Å². The molecule has 1 amide bonds. The fraction of sp³-hybridized carbons (Fsp3) is 0.421. The number of oxime groups is 4. The molecule has 0 heterocycles. The Morgan fingerprint density at radius 1 is 0.931 bits per heavy atom. The molecule has 0 aliphatic carbocycles. The van der Waals surface area contributed by atoms with E-state index in [1.165, 1.54) is 28.4 Å². The van der Waals surface area contributed by atoms with Crippen molar-refractivity contribution in [1.29, 1.82) is 0 Å². The van der Waals surface area contributed by atoms with Gasteiger partial charge in [-0.1, -0.05) is 52.3 Å². The summed E-state index contributed by atoms with van der Waals surface area (Å²) in [5.41, 5.74) is 2.70. The van der Waals surface area contributed by atoms with Gasteiger partial charge >= 0.3 is 0 Å². The van der Waals surface area contributed by atoms with Crippen molar-refractivity contribution in [2.75, 3.05) is 28.4 Å². The molecule has 0 atom stereocenters. The summed E-state index contributed by atoms with van der Waals surface area (Å²) >= 11 is 0. The van der Waals surface area contributed by atoms with Crippen molar-refractivity contribution in [3.63, 3.8) is 0 Å². The Labute approximate surface area is 171 Å². The first kappa shape index (κ1) is 25.6. The van der Waals surface area contributed by atoms with Gasteiger partial charge in [0.05, 0.1) is 0 Å².